The van der Waals surface area contributed by atoms with Crippen LogP contribution in [0.2, 0.25) is 0 Å². The van der Waals surface area contributed by atoms with Crippen LogP contribution in [-0.4, -0.2) is 43.9 Å². The lowest BCUT2D eigenvalue weighted by molar-refractivity contribution is -0.120. The summed E-state index contributed by atoms with van der Waals surface area (Å²) in [6.07, 6.45) is 0.840. The third kappa shape index (κ3) is 2.70. The molecule has 0 radical (unpaired) electrons. The first-order chi connectivity index (χ1) is 9.17. The van der Waals surface area contributed by atoms with Gasteiger partial charge >= 0.3 is 0 Å². The molecule has 5 nitrogen and oxygen atoms in total. The van der Waals surface area contributed by atoms with Gasteiger partial charge in [-0.2, -0.15) is 0 Å². The molecule has 0 bridgehead atoms. The second kappa shape index (κ2) is 5.73. The van der Waals surface area contributed by atoms with Crippen LogP contribution < -0.4 is 9.47 Å². The Morgan fingerprint density at radius 2 is 1.63 bits per heavy atom. The lowest BCUT2D eigenvalue weighted by Gasteiger charge is -2.27. The smallest absolute Gasteiger partial charge is 0.261 e. The van der Waals surface area contributed by atoms with Gasteiger partial charge in [-0.05, 0) is 12.1 Å². The maximum absolute atomic E-state index is 12.5. The van der Waals surface area contributed by atoms with Crippen LogP contribution in [0.3, 0.4) is 0 Å². The topological polar surface area (TPSA) is 55.8 Å². The number of ether oxygens (including phenoxy) is 2. The van der Waals surface area contributed by atoms with Crippen molar-refractivity contribution in [3.05, 3.63) is 23.8 Å². The highest BCUT2D eigenvalue weighted by Crippen LogP contribution is 2.30. The van der Waals surface area contributed by atoms with Crippen LogP contribution in [0.1, 0.15) is 23.2 Å². The minimum Gasteiger partial charge on any atom is -0.496 e. The predicted molar refractivity (Wildman–Crippen MR) is 69.7 cm³/mol. The van der Waals surface area contributed by atoms with Crippen molar-refractivity contribution in [2.45, 2.75) is 12.8 Å². The molecule has 1 fully saturated rings. The average molecular weight is 263 g/mol. The molecule has 0 aliphatic carbocycles. The minimum absolute atomic E-state index is 0.151. The van der Waals surface area contributed by atoms with E-state index in [9.17, 15) is 9.59 Å². The van der Waals surface area contributed by atoms with Crippen LogP contribution in [0.15, 0.2) is 18.2 Å². The number of Topliss-reactive ketones (excluding diaryl/α,β-unsaturated/α-hetero) is 1. The number of rotatable bonds is 3. The van der Waals surface area contributed by atoms with E-state index in [2.05, 4.69) is 0 Å². The summed E-state index contributed by atoms with van der Waals surface area (Å²) < 4.78 is 10.5. The van der Waals surface area contributed by atoms with Gasteiger partial charge in [0.1, 0.15) is 22.8 Å². The summed E-state index contributed by atoms with van der Waals surface area (Å²) in [4.78, 5) is 25.4. The number of methoxy groups -OCH3 is 2. The van der Waals surface area contributed by atoms with Crippen molar-refractivity contribution in [3.8, 4) is 11.5 Å². The van der Waals surface area contributed by atoms with Gasteiger partial charge < -0.3 is 14.4 Å². The molecule has 2 rings (SSSR count). The van der Waals surface area contributed by atoms with Crippen molar-refractivity contribution in [2.75, 3.05) is 27.3 Å². The van der Waals surface area contributed by atoms with Gasteiger partial charge in [0.2, 0.25) is 0 Å². The van der Waals surface area contributed by atoms with Gasteiger partial charge in [-0.15, -0.1) is 0 Å². The molecule has 1 aromatic rings. The molecular weight excluding hydrogens is 246 g/mol. The fourth-order valence-corrected chi connectivity index (χ4v) is 2.18. The molecule has 5 heteroatoms. The monoisotopic (exact) mass is 263 g/mol. The third-order valence-corrected chi connectivity index (χ3v) is 3.25. The number of ketones is 1. The number of piperidine rings is 1. The Kier molecular flexibility index (Phi) is 4.04. The number of carbonyl (C=O) groups excluding carboxylic acids is 2. The molecule has 0 spiro atoms. The fourth-order valence-electron chi connectivity index (χ4n) is 2.18. The Labute approximate surface area is 112 Å². The number of likely N-dealkylation sites (tertiary alicyclic amines) is 1. The lowest BCUT2D eigenvalue weighted by atomic mass is 10.1. The number of carbonyl (C=O) groups is 2. The zero-order valence-electron chi connectivity index (χ0n) is 11.1. The Balaban J connectivity index is 2.29. The molecular formula is C14H17NO4. The van der Waals surface area contributed by atoms with Gasteiger partial charge in [-0.25, -0.2) is 0 Å². The minimum atomic E-state index is -0.151. The van der Waals surface area contributed by atoms with E-state index >= 15 is 0 Å². The van der Waals surface area contributed by atoms with E-state index in [1.165, 1.54) is 14.2 Å². The van der Waals surface area contributed by atoms with E-state index in [4.69, 9.17) is 9.47 Å². The van der Waals surface area contributed by atoms with Crippen molar-refractivity contribution in [1.82, 2.24) is 4.90 Å². The lowest BCUT2D eigenvalue weighted by Crippen LogP contribution is -2.38. The number of hydrogen-bond acceptors (Lipinski definition) is 4. The second-order valence-corrected chi connectivity index (χ2v) is 4.37. The first-order valence-electron chi connectivity index (χ1n) is 6.19. The van der Waals surface area contributed by atoms with Crippen LogP contribution in [0.5, 0.6) is 11.5 Å². The van der Waals surface area contributed by atoms with Crippen molar-refractivity contribution >= 4 is 11.7 Å². The van der Waals surface area contributed by atoms with E-state index in [0.717, 1.165) is 0 Å². The van der Waals surface area contributed by atoms with E-state index < -0.39 is 0 Å². The van der Waals surface area contributed by atoms with Crippen LogP contribution in [0.4, 0.5) is 0 Å². The van der Waals surface area contributed by atoms with Gasteiger partial charge in [-0.1, -0.05) is 6.07 Å². The normalized spacial score (nSPS) is 15.3. The van der Waals surface area contributed by atoms with E-state index in [0.29, 0.717) is 43.0 Å². The van der Waals surface area contributed by atoms with Crippen LogP contribution in [-0.2, 0) is 4.79 Å². The first-order valence-corrected chi connectivity index (χ1v) is 6.19. The predicted octanol–water partition coefficient (Wildman–Crippen LogP) is 1.51. The SMILES string of the molecule is COc1cccc(OC)c1C(=O)N1CCC(=O)CC1. The van der Waals surface area contributed by atoms with Gasteiger partial charge in [0.15, 0.2) is 0 Å². The molecule has 0 unspecified atom stereocenters. The highest BCUT2D eigenvalue weighted by molar-refractivity contribution is 6.00. The highest BCUT2D eigenvalue weighted by Gasteiger charge is 2.26. The summed E-state index contributed by atoms with van der Waals surface area (Å²) >= 11 is 0. The van der Waals surface area contributed by atoms with Gasteiger partial charge in [0.25, 0.3) is 5.91 Å². The van der Waals surface area contributed by atoms with Crippen LogP contribution in [0.25, 0.3) is 0 Å². The largest absolute Gasteiger partial charge is 0.496 e. The maximum atomic E-state index is 12.5. The molecule has 0 N–H and O–H groups in total. The molecule has 0 aromatic heterocycles. The standard InChI is InChI=1S/C14H17NO4/c1-18-11-4-3-5-12(19-2)13(11)14(17)15-8-6-10(16)7-9-15/h3-5H,6-9H2,1-2H3. The molecule has 1 aromatic carbocycles. The molecule has 1 aliphatic heterocycles. The molecule has 0 saturated carbocycles. The van der Waals surface area contributed by atoms with E-state index in [-0.39, 0.29) is 11.7 Å². The molecule has 1 heterocycles. The summed E-state index contributed by atoms with van der Waals surface area (Å²) in [6.45, 7) is 0.914. The van der Waals surface area contributed by atoms with Crippen molar-refractivity contribution < 1.29 is 19.1 Å². The first kappa shape index (κ1) is 13.4. The third-order valence-electron chi connectivity index (χ3n) is 3.25. The summed E-state index contributed by atoms with van der Waals surface area (Å²) in [5.74, 6) is 1.03. The maximum Gasteiger partial charge on any atom is 0.261 e. The Bertz CT molecular complexity index is 466. The van der Waals surface area contributed by atoms with Crippen molar-refractivity contribution in [3.63, 3.8) is 0 Å². The van der Waals surface area contributed by atoms with E-state index in [1.54, 1.807) is 23.1 Å². The zero-order chi connectivity index (χ0) is 13.8. The molecule has 1 saturated heterocycles. The Morgan fingerprint density at radius 3 is 2.11 bits per heavy atom. The number of hydrogen-bond donors (Lipinski definition) is 0. The van der Waals surface area contributed by atoms with Gasteiger partial charge in [0, 0.05) is 25.9 Å². The van der Waals surface area contributed by atoms with Gasteiger partial charge in [-0.3, -0.25) is 9.59 Å². The number of benzene rings is 1. The number of amides is 1. The Morgan fingerprint density at radius 1 is 1.11 bits per heavy atom. The van der Waals surface area contributed by atoms with E-state index in [1.807, 2.05) is 0 Å². The zero-order valence-corrected chi connectivity index (χ0v) is 11.1. The van der Waals surface area contributed by atoms with Gasteiger partial charge in [0.05, 0.1) is 14.2 Å². The second-order valence-electron chi connectivity index (χ2n) is 4.37. The molecule has 1 aliphatic rings. The van der Waals surface area contributed by atoms with Crippen molar-refractivity contribution in [2.24, 2.45) is 0 Å². The summed E-state index contributed by atoms with van der Waals surface area (Å²) in [5, 5.41) is 0. The molecule has 0 atom stereocenters. The number of nitrogens with zero attached hydrogens (tertiary/aromatic N) is 1. The fraction of sp³-hybridized carbons (Fsp3) is 0.429. The molecule has 19 heavy (non-hydrogen) atoms. The Hall–Kier alpha value is -2.04. The van der Waals surface area contributed by atoms with Crippen LogP contribution in [0, 0.1) is 0 Å². The van der Waals surface area contributed by atoms with Crippen molar-refractivity contribution in [1.29, 1.82) is 0 Å². The quantitative estimate of drug-likeness (QED) is 0.829. The molecule has 1 amide bonds. The summed E-state index contributed by atoms with van der Waals surface area (Å²) in [5.41, 5.74) is 0.418. The summed E-state index contributed by atoms with van der Waals surface area (Å²) in [7, 11) is 3.04. The summed E-state index contributed by atoms with van der Waals surface area (Å²) in [6, 6.07) is 5.23. The molecule has 102 valence electrons. The average Bonchev–Trinajstić information content (AvgIpc) is 2.46. The van der Waals surface area contributed by atoms with Crippen LogP contribution >= 0.6 is 0 Å². The highest BCUT2D eigenvalue weighted by atomic mass is 16.5.